The van der Waals surface area contributed by atoms with Gasteiger partial charge in [0.15, 0.2) is 0 Å². The Balaban J connectivity index is 2.21. The summed E-state index contributed by atoms with van der Waals surface area (Å²) in [5.41, 5.74) is 0. The monoisotopic (exact) mass is 226 g/mol. The lowest BCUT2D eigenvalue weighted by molar-refractivity contribution is 0.203. The summed E-state index contributed by atoms with van der Waals surface area (Å²) in [5, 5.41) is 3.51. The van der Waals surface area contributed by atoms with Crippen molar-refractivity contribution >= 4 is 0 Å². The largest absolute Gasteiger partial charge is 0.314 e. The first-order valence-electron chi connectivity index (χ1n) is 7.07. The molecule has 0 radical (unpaired) electrons. The van der Waals surface area contributed by atoms with E-state index in [0.29, 0.717) is 6.04 Å². The van der Waals surface area contributed by atoms with Gasteiger partial charge in [-0.1, -0.05) is 20.8 Å². The van der Waals surface area contributed by atoms with Gasteiger partial charge in [-0.2, -0.15) is 0 Å². The van der Waals surface area contributed by atoms with Gasteiger partial charge < -0.3 is 10.2 Å². The highest BCUT2D eigenvalue weighted by atomic mass is 15.1. The Kier molecular flexibility index (Phi) is 6.37. The van der Waals surface area contributed by atoms with Crippen molar-refractivity contribution in [2.45, 2.75) is 65.5 Å². The molecule has 0 aromatic rings. The first-order chi connectivity index (χ1) is 7.59. The second-order valence-electron chi connectivity index (χ2n) is 5.82. The second-order valence-corrected chi connectivity index (χ2v) is 5.82. The van der Waals surface area contributed by atoms with Gasteiger partial charge in [0.05, 0.1) is 0 Å². The standard InChI is InChI=1S/C14H30N2/c1-12(2)15-9-7-14(4)16-10-5-6-13(3)8-11-16/h12-15H,5-11H2,1-4H3. The number of nitrogens with zero attached hydrogens (tertiary/aromatic N) is 1. The summed E-state index contributed by atoms with van der Waals surface area (Å²) in [5.74, 6) is 0.936. The van der Waals surface area contributed by atoms with E-state index >= 15 is 0 Å². The zero-order chi connectivity index (χ0) is 12.0. The lowest BCUT2D eigenvalue weighted by Crippen LogP contribution is -2.37. The van der Waals surface area contributed by atoms with Crippen molar-refractivity contribution in [1.82, 2.24) is 10.2 Å². The fraction of sp³-hybridized carbons (Fsp3) is 1.00. The van der Waals surface area contributed by atoms with Crippen LogP contribution < -0.4 is 5.32 Å². The summed E-state index contributed by atoms with van der Waals surface area (Å²) < 4.78 is 0. The maximum atomic E-state index is 3.51. The molecule has 2 unspecified atom stereocenters. The van der Waals surface area contributed by atoms with Crippen molar-refractivity contribution < 1.29 is 0 Å². The molecule has 1 aliphatic heterocycles. The molecule has 2 atom stereocenters. The summed E-state index contributed by atoms with van der Waals surface area (Å²) in [6, 6.07) is 1.37. The van der Waals surface area contributed by atoms with E-state index in [-0.39, 0.29) is 0 Å². The Labute approximate surface area is 102 Å². The molecule has 1 heterocycles. The molecular weight excluding hydrogens is 196 g/mol. The van der Waals surface area contributed by atoms with E-state index in [2.05, 4.69) is 37.9 Å². The number of rotatable bonds is 5. The Hall–Kier alpha value is -0.0800. The van der Waals surface area contributed by atoms with Crippen molar-refractivity contribution in [2.24, 2.45) is 5.92 Å². The number of nitrogens with one attached hydrogen (secondary N) is 1. The number of hydrogen-bond acceptors (Lipinski definition) is 2. The molecule has 0 saturated carbocycles. The molecule has 0 aromatic carbocycles. The molecule has 16 heavy (non-hydrogen) atoms. The van der Waals surface area contributed by atoms with E-state index in [9.17, 15) is 0 Å². The summed E-state index contributed by atoms with van der Waals surface area (Å²) in [6.45, 7) is 13.0. The smallest absolute Gasteiger partial charge is 0.00790 e. The van der Waals surface area contributed by atoms with Gasteiger partial charge in [0.1, 0.15) is 0 Å². The van der Waals surface area contributed by atoms with Gasteiger partial charge >= 0.3 is 0 Å². The topological polar surface area (TPSA) is 15.3 Å². The molecule has 1 aliphatic rings. The molecule has 0 amide bonds. The molecule has 1 N–H and O–H groups in total. The minimum Gasteiger partial charge on any atom is -0.314 e. The first kappa shape index (κ1) is 14.0. The lowest BCUT2D eigenvalue weighted by atomic mass is 10.0. The van der Waals surface area contributed by atoms with Gasteiger partial charge in [-0.15, -0.1) is 0 Å². The van der Waals surface area contributed by atoms with Crippen LogP contribution in [0.4, 0.5) is 0 Å². The molecule has 0 bridgehead atoms. The van der Waals surface area contributed by atoms with Gasteiger partial charge in [-0.3, -0.25) is 0 Å². The molecule has 0 aromatic heterocycles. The van der Waals surface area contributed by atoms with Crippen molar-refractivity contribution in [1.29, 1.82) is 0 Å². The van der Waals surface area contributed by atoms with Crippen LogP contribution in [0.2, 0.25) is 0 Å². The highest BCUT2D eigenvalue weighted by Crippen LogP contribution is 2.18. The first-order valence-corrected chi connectivity index (χ1v) is 7.07. The highest BCUT2D eigenvalue weighted by Gasteiger charge is 2.17. The van der Waals surface area contributed by atoms with Crippen LogP contribution in [-0.2, 0) is 0 Å². The minimum absolute atomic E-state index is 0.622. The molecule has 96 valence electrons. The third-order valence-corrected chi connectivity index (χ3v) is 3.79. The zero-order valence-electron chi connectivity index (χ0n) is 11.6. The van der Waals surface area contributed by atoms with E-state index in [1.54, 1.807) is 0 Å². The summed E-state index contributed by atoms with van der Waals surface area (Å²) in [4.78, 5) is 2.69. The van der Waals surface area contributed by atoms with Gasteiger partial charge in [0.2, 0.25) is 0 Å². The number of likely N-dealkylation sites (tertiary alicyclic amines) is 1. The molecule has 1 saturated heterocycles. The Bertz CT molecular complexity index is 180. The fourth-order valence-corrected chi connectivity index (χ4v) is 2.49. The van der Waals surface area contributed by atoms with Crippen LogP contribution in [0.25, 0.3) is 0 Å². The van der Waals surface area contributed by atoms with Crippen molar-refractivity contribution in [2.75, 3.05) is 19.6 Å². The normalized spacial score (nSPS) is 25.7. The van der Waals surface area contributed by atoms with Gasteiger partial charge in [0, 0.05) is 12.1 Å². The van der Waals surface area contributed by atoms with E-state index in [1.165, 1.54) is 38.8 Å². The molecule has 1 fully saturated rings. The average molecular weight is 226 g/mol. The predicted molar refractivity (Wildman–Crippen MR) is 71.8 cm³/mol. The number of hydrogen-bond donors (Lipinski definition) is 1. The zero-order valence-corrected chi connectivity index (χ0v) is 11.6. The minimum atomic E-state index is 0.622. The third-order valence-electron chi connectivity index (χ3n) is 3.79. The summed E-state index contributed by atoms with van der Waals surface area (Å²) in [6.07, 6.45) is 5.49. The molecule has 2 nitrogen and oxygen atoms in total. The van der Waals surface area contributed by atoms with Gasteiger partial charge in [-0.05, 0) is 58.2 Å². The van der Waals surface area contributed by atoms with Crippen molar-refractivity contribution in [3.8, 4) is 0 Å². The van der Waals surface area contributed by atoms with E-state index in [4.69, 9.17) is 0 Å². The van der Waals surface area contributed by atoms with Crippen molar-refractivity contribution in [3.05, 3.63) is 0 Å². The van der Waals surface area contributed by atoms with E-state index < -0.39 is 0 Å². The van der Waals surface area contributed by atoms with Gasteiger partial charge in [0.25, 0.3) is 0 Å². The molecule has 0 aliphatic carbocycles. The second kappa shape index (κ2) is 7.29. The van der Waals surface area contributed by atoms with Crippen LogP contribution in [0, 0.1) is 5.92 Å². The van der Waals surface area contributed by atoms with Crippen LogP contribution >= 0.6 is 0 Å². The van der Waals surface area contributed by atoms with E-state index in [1.807, 2.05) is 0 Å². The quantitative estimate of drug-likeness (QED) is 0.775. The Morgan fingerprint density at radius 3 is 2.62 bits per heavy atom. The maximum absolute atomic E-state index is 3.51. The van der Waals surface area contributed by atoms with Crippen LogP contribution in [0.1, 0.15) is 53.4 Å². The summed E-state index contributed by atoms with van der Waals surface area (Å²) >= 11 is 0. The maximum Gasteiger partial charge on any atom is 0.00790 e. The van der Waals surface area contributed by atoms with Crippen LogP contribution in [-0.4, -0.2) is 36.6 Å². The fourth-order valence-electron chi connectivity index (χ4n) is 2.49. The third kappa shape index (κ3) is 5.31. The van der Waals surface area contributed by atoms with E-state index in [0.717, 1.165) is 18.5 Å². The Morgan fingerprint density at radius 1 is 1.19 bits per heavy atom. The summed E-state index contributed by atoms with van der Waals surface area (Å²) in [7, 11) is 0. The van der Waals surface area contributed by atoms with Crippen LogP contribution in [0.15, 0.2) is 0 Å². The Morgan fingerprint density at radius 2 is 1.94 bits per heavy atom. The highest BCUT2D eigenvalue weighted by molar-refractivity contribution is 4.73. The average Bonchev–Trinajstić information content (AvgIpc) is 2.42. The molecule has 1 rings (SSSR count). The molecule has 0 spiro atoms. The van der Waals surface area contributed by atoms with Crippen LogP contribution in [0.3, 0.4) is 0 Å². The van der Waals surface area contributed by atoms with Crippen molar-refractivity contribution in [3.63, 3.8) is 0 Å². The van der Waals surface area contributed by atoms with Crippen LogP contribution in [0.5, 0.6) is 0 Å². The molecular formula is C14H30N2. The SMILES string of the molecule is CC1CCCN(C(C)CCNC(C)C)CC1. The molecule has 2 heteroatoms. The lowest BCUT2D eigenvalue weighted by Gasteiger charge is -2.28. The van der Waals surface area contributed by atoms with Gasteiger partial charge in [-0.25, -0.2) is 0 Å². The predicted octanol–water partition coefficient (Wildman–Crippen LogP) is 2.89.